The van der Waals surface area contributed by atoms with Crippen LogP contribution < -0.4 is 19.1 Å². The molecule has 0 saturated carbocycles. The smallest absolute Gasteiger partial charge is 0.263 e. The number of carbonyl (C=O) groups is 1. The summed E-state index contributed by atoms with van der Waals surface area (Å²) in [7, 11) is -1.88. The van der Waals surface area contributed by atoms with E-state index in [1.807, 2.05) is 24.3 Å². The summed E-state index contributed by atoms with van der Waals surface area (Å²) in [4.78, 5) is 12.6. The standard InChI is InChI=1S/C21H26N2O5S/c1-3-29(25,26)23-15-20(28-19-12-5-4-11-18(19)23)21(24)22-13-7-9-16-8-6-10-17(14-16)27-2/h4-6,8,10-12,14,20H,3,7,9,13,15H2,1-2H3,(H,22,24)/t20-/m0/s1. The molecule has 2 aromatic rings. The summed E-state index contributed by atoms with van der Waals surface area (Å²) in [6, 6.07) is 14.7. The number of amides is 1. The fourth-order valence-corrected chi connectivity index (χ4v) is 4.33. The quantitative estimate of drug-likeness (QED) is 0.666. The largest absolute Gasteiger partial charge is 0.497 e. The Balaban J connectivity index is 1.59. The van der Waals surface area contributed by atoms with Gasteiger partial charge in [-0.25, -0.2) is 8.42 Å². The van der Waals surface area contributed by atoms with Crippen molar-refractivity contribution in [2.45, 2.75) is 25.9 Å². The maximum Gasteiger partial charge on any atom is 0.263 e. The molecule has 0 spiro atoms. The molecule has 3 rings (SSSR count). The maximum atomic E-state index is 12.6. The lowest BCUT2D eigenvalue weighted by Crippen LogP contribution is -2.51. The lowest BCUT2D eigenvalue weighted by molar-refractivity contribution is -0.127. The highest BCUT2D eigenvalue weighted by molar-refractivity contribution is 7.92. The van der Waals surface area contributed by atoms with Crippen LogP contribution in [0.3, 0.4) is 0 Å². The summed E-state index contributed by atoms with van der Waals surface area (Å²) in [6.45, 7) is 2.02. The molecule has 29 heavy (non-hydrogen) atoms. The van der Waals surface area contributed by atoms with E-state index in [1.165, 1.54) is 4.31 Å². The Morgan fingerprint density at radius 3 is 2.79 bits per heavy atom. The number of para-hydroxylation sites is 2. The van der Waals surface area contributed by atoms with Gasteiger partial charge in [-0.15, -0.1) is 0 Å². The lowest BCUT2D eigenvalue weighted by atomic mass is 10.1. The minimum absolute atomic E-state index is 0.0328. The van der Waals surface area contributed by atoms with Gasteiger partial charge in [0.2, 0.25) is 10.0 Å². The van der Waals surface area contributed by atoms with E-state index in [1.54, 1.807) is 38.3 Å². The van der Waals surface area contributed by atoms with E-state index in [2.05, 4.69) is 5.32 Å². The first-order valence-corrected chi connectivity index (χ1v) is 11.2. The number of sulfonamides is 1. The summed E-state index contributed by atoms with van der Waals surface area (Å²) < 4.78 is 37.2. The summed E-state index contributed by atoms with van der Waals surface area (Å²) >= 11 is 0. The SMILES string of the molecule is CCS(=O)(=O)N1C[C@@H](C(=O)NCCCc2cccc(OC)c2)Oc2ccccc21. The van der Waals surface area contributed by atoms with Crippen LogP contribution in [0.5, 0.6) is 11.5 Å². The molecular weight excluding hydrogens is 392 g/mol. The van der Waals surface area contributed by atoms with Crippen molar-refractivity contribution in [2.75, 3.05) is 30.3 Å². The molecule has 1 atom stereocenters. The number of hydrogen-bond acceptors (Lipinski definition) is 5. The number of nitrogens with one attached hydrogen (secondary N) is 1. The highest BCUT2D eigenvalue weighted by Gasteiger charge is 2.35. The average Bonchev–Trinajstić information content (AvgIpc) is 2.75. The normalized spacial score (nSPS) is 15.9. The first-order valence-electron chi connectivity index (χ1n) is 9.61. The van der Waals surface area contributed by atoms with Crippen LogP contribution in [0.1, 0.15) is 18.9 Å². The number of hydrogen-bond donors (Lipinski definition) is 1. The molecule has 2 aromatic carbocycles. The van der Waals surface area contributed by atoms with Gasteiger partial charge in [-0.3, -0.25) is 9.10 Å². The van der Waals surface area contributed by atoms with Crippen molar-refractivity contribution >= 4 is 21.6 Å². The zero-order chi connectivity index (χ0) is 20.9. The molecule has 0 unspecified atom stereocenters. The van der Waals surface area contributed by atoms with E-state index in [0.29, 0.717) is 18.0 Å². The second-order valence-electron chi connectivity index (χ2n) is 6.75. The van der Waals surface area contributed by atoms with Crippen molar-refractivity contribution in [1.29, 1.82) is 0 Å². The molecule has 0 radical (unpaired) electrons. The topological polar surface area (TPSA) is 84.9 Å². The Morgan fingerprint density at radius 1 is 1.24 bits per heavy atom. The molecule has 1 aliphatic rings. The predicted octanol–water partition coefficient (Wildman–Crippen LogP) is 2.36. The van der Waals surface area contributed by atoms with E-state index >= 15 is 0 Å². The third-order valence-electron chi connectivity index (χ3n) is 4.80. The van der Waals surface area contributed by atoms with Crippen LogP contribution in [-0.2, 0) is 21.2 Å². The fraction of sp³-hybridized carbons (Fsp3) is 0.381. The highest BCUT2D eigenvalue weighted by Crippen LogP contribution is 2.35. The first-order chi connectivity index (χ1) is 13.9. The number of carbonyl (C=O) groups excluding carboxylic acids is 1. The number of anilines is 1. The Labute approximate surface area is 171 Å². The number of benzene rings is 2. The summed E-state index contributed by atoms with van der Waals surface area (Å²) in [6.07, 6.45) is 0.657. The number of ether oxygens (including phenoxy) is 2. The van der Waals surface area contributed by atoms with Gasteiger partial charge >= 0.3 is 0 Å². The molecule has 156 valence electrons. The third-order valence-corrected chi connectivity index (χ3v) is 6.55. The highest BCUT2D eigenvalue weighted by atomic mass is 32.2. The second kappa shape index (κ2) is 9.17. The molecular formula is C21H26N2O5S. The van der Waals surface area contributed by atoms with Crippen molar-refractivity contribution in [1.82, 2.24) is 5.32 Å². The number of nitrogens with zero attached hydrogens (tertiary/aromatic N) is 1. The molecule has 1 N–H and O–H groups in total. The minimum Gasteiger partial charge on any atom is -0.497 e. The lowest BCUT2D eigenvalue weighted by Gasteiger charge is -2.34. The molecule has 0 bridgehead atoms. The van der Waals surface area contributed by atoms with Gasteiger partial charge in [0.15, 0.2) is 6.10 Å². The number of aryl methyl sites for hydroxylation is 1. The first kappa shape index (κ1) is 21.0. The number of rotatable bonds is 8. The minimum atomic E-state index is -3.51. The average molecular weight is 419 g/mol. The van der Waals surface area contributed by atoms with E-state index in [9.17, 15) is 13.2 Å². The van der Waals surface area contributed by atoms with Gasteiger partial charge in [-0.1, -0.05) is 24.3 Å². The predicted molar refractivity (Wildman–Crippen MR) is 112 cm³/mol. The summed E-state index contributed by atoms with van der Waals surface area (Å²) in [5.41, 5.74) is 1.60. The van der Waals surface area contributed by atoms with Crippen LogP contribution >= 0.6 is 0 Å². The number of fused-ring (bicyclic) bond motifs is 1. The maximum absolute atomic E-state index is 12.6. The van der Waals surface area contributed by atoms with Crippen LogP contribution in [-0.4, -0.2) is 46.4 Å². The van der Waals surface area contributed by atoms with Crippen molar-refractivity contribution in [2.24, 2.45) is 0 Å². The van der Waals surface area contributed by atoms with Gasteiger partial charge in [0.05, 0.1) is 25.1 Å². The van der Waals surface area contributed by atoms with E-state index in [-0.39, 0.29) is 18.2 Å². The summed E-state index contributed by atoms with van der Waals surface area (Å²) in [5, 5.41) is 2.86. The van der Waals surface area contributed by atoms with Crippen LogP contribution in [0.25, 0.3) is 0 Å². The number of methoxy groups -OCH3 is 1. The van der Waals surface area contributed by atoms with Crippen molar-refractivity contribution in [3.05, 3.63) is 54.1 Å². The molecule has 7 nitrogen and oxygen atoms in total. The monoisotopic (exact) mass is 418 g/mol. The zero-order valence-electron chi connectivity index (χ0n) is 16.6. The van der Waals surface area contributed by atoms with Crippen LogP contribution in [0.2, 0.25) is 0 Å². The Kier molecular flexibility index (Phi) is 6.64. The van der Waals surface area contributed by atoms with Crippen LogP contribution in [0.15, 0.2) is 48.5 Å². The van der Waals surface area contributed by atoms with E-state index < -0.39 is 16.1 Å². The Bertz CT molecular complexity index is 961. The molecule has 0 aromatic heterocycles. The van der Waals surface area contributed by atoms with Gasteiger partial charge < -0.3 is 14.8 Å². The third kappa shape index (κ3) is 5.00. The molecule has 0 fully saturated rings. The van der Waals surface area contributed by atoms with Gasteiger partial charge in [0.25, 0.3) is 5.91 Å². The Morgan fingerprint density at radius 2 is 2.03 bits per heavy atom. The van der Waals surface area contributed by atoms with Crippen molar-refractivity contribution in [3.8, 4) is 11.5 Å². The van der Waals surface area contributed by atoms with Crippen molar-refractivity contribution < 1.29 is 22.7 Å². The Hall–Kier alpha value is -2.74. The molecule has 1 heterocycles. The second-order valence-corrected chi connectivity index (χ2v) is 8.93. The molecule has 0 aliphatic carbocycles. The van der Waals surface area contributed by atoms with Crippen LogP contribution in [0.4, 0.5) is 5.69 Å². The van der Waals surface area contributed by atoms with E-state index in [4.69, 9.17) is 9.47 Å². The fourth-order valence-electron chi connectivity index (χ4n) is 3.20. The van der Waals surface area contributed by atoms with Crippen LogP contribution in [0, 0.1) is 0 Å². The van der Waals surface area contributed by atoms with Gasteiger partial charge in [0.1, 0.15) is 11.5 Å². The molecule has 0 saturated heterocycles. The summed E-state index contributed by atoms with van der Waals surface area (Å²) in [5.74, 6) is 0.836. The molecule has 8 heteroatoms. The van der Waals surface area contributed by atoms with Gasteiger partial charge in [-0.2, -0.15) is 0 Å². The van der Waals surface area contributed by atoms with Gasteiger partial charge in [-0.05, 0) is 49.6 Å². The van der Waals surface area contributed by atoms with Gasteiger partial charge in [0, 0.05) is 6.54 Å². The van der Waals surface area contributed by atoms with E-state index in [0.717, 1.165) is 24.2 Å². The zero-order valence-corrected chi connectivity index (χ0v) is 17.4. The van der Waals surface area contributed by atoms with Crippen molar-refractivity contribution in [3.63, 3.8) is 0 Å². The molecule has 1 amide bonds. The molecule has 1 aliphatic heterocycles.